The molecule has 0 saturated carbocycles. The van der Waals surface area contributed by atoms with Gasteiger partial charge in [-0.2, -0.15) is 0 Å². The zero-order chi connectivity index (χ0) is 19.0. The maximum atomic E-state index is 10.9. The molecular weight excluding hydrogens is 449 g/mol. The number of rotatable bonds is 6. The molecule has 4 rings (SSSR count). The van der Waals surface area contributed by atoms with Crippen molar-refractivity contribution in [1.82, 2.24) is 4.57 Å². The van der Waals surface area contributed by atoms with E-state index in [0.29, 0.717) is 5.76 Å². The maximum Gasteiger partial charge on any atom is 0.185 e. The van der Waals surface area contributed by atoms with Gasteiger partial charge in [-0.1, -0.05) is 13.8 Å². The molecule has 138 valence electrons. The number of halogens is 1. The summed E-state index contributed by atoms with van der Waals surface area (Å²) in [7, 11) is 0. The fourth-order valence-electron chi connectivity index (χ4n) is 3.70. The highest BCUT2D eigenvalue weighted by atomic mass is 127. The van der Waals surface area contributed by atoms with Crippen LogP contribution in [0.4, 0.5) is 0 Å². The zero-order valence-electron chi connectivity index (χ0n) is 15.5. The second kappa shape index (κ2) is 7.50. The maximum absolute atomic E-state index is 10.9. The van der Waals surface area contributed by atoms with Crippen molar-refractivity contribution in [3.05, 3.63) is 57.9 Å². The highest BCUT2D eigenvalue weighted by molar-refractivity contribution is 14.1. The summed E-state index contributed by atoms with van der Waals surface area (Å²) in [5.41, 5.74) is 3.52. The Bertz CT molecular complexity index is 1120. The zero-order valence-corrected chi connectivity index (χ0v) is 17.7. The Hall–Kier alpha value is -2.08. The van der Waals surface area contributed by atoms with Crippen molar-refractivity contribution < 1.29 is 9.21 Å². The van der Waals surface area contributed by atoms with Crippen molar-refractivity contribution in [1.29, 1.82) is 0 Å². The van der Waals surface area contributed by atoms with E-state index < -0.39 is 0 Å². The molecule has 0 aliphatic heterocycles. The number of furan rings is 1. The molecule has 0 radical (unpaired) electrons. The number of aromatic nitrogens is 1. The molecule has 0 bridgehead atoms. The van der Waals surface area contributed by atoms with Gasteiger partial charge in [-0.15, -0.1) is 0 Å². The molecule has 4 heteroatoms. The Kier molecular flexibility index (Phi) is 5.08. The van der Waals surface area contributed by atoms with Crippen LogP contribution in [0, 0.1) is 9.49 Å². The van der Waals surface area contributed by atoms with E-state index in [1.165, 1.54) is 38.2 Å². The fraction of sp³-hybridized carbons (Fsp3) is 0.261. The summed E-state index contributed by atoms with van der Waals surface area (Å²) in [6.07, 6.45) is 3.14. The van der Waals surface area contributed by atoms with Crippen LogP contribution >= 0.6 is 22.6 Å². The van der Waals surface area contributed by atoms with Gasteiger partial charge in [0.15, 0.2) is 12.0 Å². The van der Waals surface area contributed by atoms with Crippen molar-refractivity contribution in [3.63, 3.8) is 0 Å². The minimum atomic E-state index is 0.357. The van der Waals surface area contributed by atoms with Gasteiger partial charge in [0, 0.05) is 37.5 Å². The molecule has 0 N–H and O–H groups in total. The first-order valence-electron chi connectivity index (χ1n) is 9.33. The van der Waals surface area contributed by atoms with Crippen LogP contribution in [0.3, 0.4) is 0 Å². The number of hydrogen-bond donors (Lipinski definition) is 0. The molecule has 0 aliphatic carbocycles. The smallest absolute Gasteiger partial charge is 0.185 e. The Morgan fingerprint density at radius 2 is 1.78 bits per heavy atom. The normalized spacial score (nSPS) is 11.7. The highest BCUT2D eigenvalue weighted by Crippen LogP contribution is 2.34. The number of carbonyl (C=O) groups is 1. The second-order valence-electron chi connectivity index (χ2n) is 7.40. The number of fused-ring (bicyclic) bond motifs is 3. The Balaban J connectivity index is 1.85. The molecule has 2 heterocycles. The third-order valence-corrected chi connectivity index (χ3v) is 5.69. The predicted octanol–water partition coefficient (Wildman–Crippen LogP) is 6.91. The molecule has 4 aromatic rings. The van der Waals surface area contributed by atoms with E-state index in [4.69, 9.17) is 4.42 Å². The lowest BCUT2D eigenvalue weighted by molar-refractivity contribution is 0.110. The van der Waals surface area contributed by atoms with Crippen LogP contribution in [-0.2, 0) is 6.54 Å². The predicted molar refractivity (Wildman–Crippen MR) is 119 cm³/mol. The van der Waals surface area contributed by atoms with E-state index >= 15 is 0 Å². The molecule has 27 heavy (non-hydrogen) atoms. The number of benzene rings is 2. The van der Waals surface area contributed by atoms with E-state index in [1.807, 2.05) is 6.07 Å². The SMILES string of the molecule is CC(C)CCCn1c2ccc(I)cc2c2cc(-c3ccc(C=O)o3)ccc21. The number of nitrogens with zero attached hydrogens (tertiary/aromatic N) is 1. The van der Waals surface area contributed by atoms with Crippen LogP contribution in [0.15, 0.2) is 52.9 Å². The molecule has 0 atom stereocenters. The number of carbonyl (C=O) groups excluding carboxylic acids is 1. The summed E-state index contributed by atoms with van der Waals surface area (Å²) in [6.45, 7) is 5.57. The third-order valence-electron chi connectivity index (χ3n) is 5.02. The minimum Gasteiger partial charge on any atom is -0.453 e. The molecule has 2 aromatic carbocycles. The van der Waals surface area contributed by atoms with E-state index in [1.54, 1.807) is 6.07 Å². The van der Waals surface area contributed by atoms with Crippen molar-refractivity contribution in [2.75, 3.05) is 0 Å². The lowest BCUT2D eigenvalue weighted by atomic mass is 10.1. The first-order chi connectivity index (χ1) is 13.1. The van der Waals surface area contributed by atoms with E-state index in [2.05, 4.69) is 77.4 Å². The van der Waals surface area contributed by atoms with Gasteiger partial charge in [0.1, 0.15) is 5.76 Å². The summed E-state index contributed by atoms with van der Waals surface area (Å²) in [5, 5.41) is 2.50. The van der Waals surface area contributed by atoms with Crippen molar-refractivity contribution in [2.24, 2.45) is 5.92 Å². The summed E-state index contributed by atoms with van der Waals surface area (Å²) in [4.78, 5) is 10.9. The first-order valence-corrected chi connectivity index (χ1v) is 10.4. The average molecular weight is 471 g/mol. The molecule has 0 unspecified atom stereocenters. The Morgan fingerprint density at radius 1 is 1.04 bits per heavy atom. The molecule has 0 fully saturated rings. The van der Waals surface area contributed by atoms with Crippen LogP contribution < -0.4 is 0 Å². The van der Waals surface area contributed by atoms with Gasteiger partial charge in [0.25, 0.3) is 0 Å². The number of aldehydes is 1. The minimum absolute atomic E-state index is 0.357. The second-order valence-corrected chi connectivity index (χ2v) is 8.65. The fourth-order valence-corrected chi connectivity index (χ4v) is 4.19. The summed E-state index contributed by atoms with van der Waals surface area (Å²) >= 11 is 2.37. The number of hydrogen-bond acceptors (Lipinski definition) is 2. The van der Waals surface area contributed by atoms with Gasteiger partial charge >= 0.3 is 0 Å². The molecule has 0 saturated heterocycles. The molecular formula is C23H22INO2. The van der Waals surface area contributed by atoms with E-state index in [0.717, 1.165) is 30.1 Å². The Labute approximate surface area is 172 Å². The van der Waals surface area contributed by atoms with Crippen LogP contribution in [0.5, 0.6) is 0 Å². The molecule has 0 amide bonds. The Morgan fingerprint density at radius 3 is 2.48 bits per heavy atom. The van der Waals surface area contributed by atoms with Crippen LogP contribution in [0.2, 0.25) is 0 Å². The standard InChI is InChI=1S/C23H22INO2/c1-15(2)4-3-11-25-21-8-5-16(23-10-7-18(14-26)27-23)12-19(21)20-13-17(24)6-9-22(20)25/h5-10,12-15H,3-4,11H2,1-2H3. The van der Waals surface area contributed by atoms with Crippen molar-refractivity contribution in [3.8, 4) is 11.3 Å². The average Bonchev–Trinajstić information content (AvgIpc) is 3.24. The quantitative estimate of drug-likeness (QED) is 0.226. The van der Waals surface area contributed by atoms with Gasteiger partial charge in [-0.05, 0) is 89.9 Å². The van der Waals surface area contributed by atoms with E-state index in [9.17, 15) is 4.79 Å². The first kappa shape index (κ1) is 18.3. The largest absolute Gasteiger partial charge is 0.453 e. The van der Waals surface area contributed by atoms with Crippen molar-refractivity contribution >= 4 is 50.7 Å². The van der Waals surface area contributed by atoms with Crippen LogP contribution in [0.25, 0.3) is 33.1 Å². The third kappa shape index (κ3) is 3.55. The summed E-state index contributed by atoms with van der Waals surface area (Å²) in [5.74, 6) is 1.80. The summed E-state index contributed by atoms with van der Waals surface area (Å²) < 4.78 is 9.29. The lowest BCUT2D eigenvalue weighted by Gasteiger charge is -2.09. The van der Waals surface area contributed by atoms with Gasteiger partial charge in [-0.3, -0.25) is 4.79 Å². The van der Waals surface area contributed by atoms with Crippen molar-refractivity contribution in [2.45, 2.75) is 33.2 Å². The lowest BCUT2D eigenvalue weighted by Crippen LogP contribution is -1.99. The molecule has 3 nitrogen and oxygen atoms in total. The molecule has 0 spiro atoms. The molecule has 2 aromatic heterocycles. The van der Waals surface area contributed by atoms with Gasteiger partial charge in [-0.25, -0.2) is 0 Å². The van der Waals surface area contributed by atoms with Gasteiger partial charge < -0.3 is 8.98 Å². The van der Waals surface area contributed by atoms with Gasteiger partial charge in [0.05, 0.1) is 0 Å². The van der Waals surface area contributed by atoms with Crippen LogP contribution in [0.1, 0.15) is 37.2 Å². The topological polar surface area (TPSA) is 35.1 Å². The van der Waals surface area contributed by atoms with Gasteiger partial charge in [0.2, 0.25) is 0 Å². The number of aryl methyl sites for hydroxylation is 1. The monoisotopic (exact) mass is 471 g/mol. The summed E-state index contributed by atoms with van der Waals surface area (Å²) in [6, 6.07) is 16.7. The highest BCUT2D eigenvalue weighted by Gasteiger charge is 2.13. The van der Waals surface area contributed by atoms with Crippen LogP contribution in [-0.4, -0.2) is 10.9 Å². The molecule has 0 aliphatic rings. The van der Waals surface area contributed by atoms with E-state index in [-0.39, 0.29) is 0 Å².